The zero-order chi connectivity index (χ0) is 23.9. The van der Waals surface area contributed by atoms with Gasteiger partial charge in [0.1, 0.15) is 5.75 Å². The van der Waals surface area contributed by atoms with E-state index in [1.165, 1.54) is 5.69 Å². The van der Waals surface area contributed by atoms with Crippen LogP contribution in [0.25, 0.3) is 0 Å². The van der Waals surface area contributed by atoms with Gasteiger partial charge in [0.15, 0.2) is 5.78 Å². The van der Waals surface area contributed by atoms with Crippen molar-refractivity contribution in [3.05, 3.63) is 90.0 Å². The Morgan fingerprint density at radius 1 is 0.941 bits per heavy atom. The van der Waals surface area contributed by atoms with Crippen molar-refractivity contribution >= 4 is 23.1 Å². The number of hydrogen-bond acceptors (Lipinski definition) is 6. The fraction of sp³-hybridized carbons (Fsp3) is 0.259. The Morgan fingerprint density at radius 3 is 2.35 bits per heavy atom. The molecule has 176 valence electrons. The number of ether oxygens (including phenoxy) is 1. The molecule has 0 radical (unpaired) electrons. The Bertz CT molecular complexity index is 1130. The summed E-state index contributed by atoms with van der Waals surface area (Å²) in [4.78, 5) is 30.1. The van der Waals surface area contributed by atoms with Crippen LogP contribution in [0.15, 0.2) is 78.9 Å². The van der Waals surface area contributed by atoms with Gasteiger partial charge in [0.05, 0.1) is 18.7 Å². The number of para-hydroxylation sites is 2. The van der Waals surface area contributed by atoms with Gasteiger partial charge in [-0.3, -0.25) is 14.5 Å². The predicted octanol–water partition coefficient (Wildman–Crippen LogP) is 3.28. The number of carbonyl (C=O) groups is 2. The van der Waals surface area contributed by atoms with Gasteiger partial charge in [0.2, 0.25) is 0 Å². The Kier molecular flexibility index (Phi) is 7.44. The smallest absolute Gasteiger partial charge is 0.250 e. The van der Waals surface area contributed by atoms with E-state index in [0.717, 1.165) is 26.2 Å². The van der Waals surface area contributed by atoms with Crippen molar-refractivity contribution in [2.45, 2.75) is 6.04 Å². The maximum absolute atomic E-state index is 13.7. The Morgan fingerprint density at radius 2 is 1.65 bits per heavy atom. The standard InChI is InChI=1S/C27H30N4O3/c1-34-22-11-7-8-20(18-22)26(32)25(19-29-24-13-6-5-12-23(24)27(28)33)31-16-14-30(15-17-31)21-9-3-2-4-10-21/h2-13,18,25,29H,14-17,19H2,1H3,(H2,28,33). The molecule has 3 N–H and O–H groups in total. The van der Waals surface area contributed by atoms with Crippen LogP contribution in [0.4, 0.5) is 11.4 Å². The number of hydrogen-bond donors (Lipinski definition) is 2. The molecule has 0 spiro atoms. The highest BCUT2D eigenvalue weighted by atomic mass is 16.5. The van der Waals surface area contributed by atoms with E-state index in [-0.39, 0.29) is 5.78 Å². The molecule has 1 heterocycles. The summed E-state index contributed by atoms with van der Waals surface area (Å²) in [5, 5.41) is 3.31. The topological polar surface area (TPSA) is 87.9 Å². The summed E-state index contributed by atoms with van der Waals surface area (Å²) in [6, 6.07) is 24.2. The fourth-order valence-corrected chi connectivity index (χ4v) is 4.35. The van der Waals surface area contributed by atoms with Crippen molar-refractivity contribution in [1.29, 1.82) is 0 Å². The Balaban J connectivity index is 1.54. The maximum atomic E-state index is 13.7. The van der Waals surface area contributed by atoms with E-state index >= 15 is 0 Å². The van der Waals surface area contributed by atoms with Crippen LogP contribution in [0.1, 0.15) is 20.7 Å². The minimum atomic E-state index is -0.504. The molecule has 7 nitrogen and oxygen atoms in total. The normalized spacial score (nSPS) is 14.9. The van der Waals surface area contributed by atoms with Gasteiger partial charge >= 0.3 is 0 Å². The number of amides is 1. The summed E-state index contributed by atoms with van der Waals surface area (Å²) in [5.74, 6) is 0.150. The number of Topliss-reactive ketones (excluding diaryl/α,β-unsaturated/α-hetero) is 1. The number of nitrogens with one attached hydrogen (secondary N) is 1. The number of nitrogens with zero attached hydrogens (tertiary/aromatic N) is 2. The number of primary amides is 1. The van der Waals surface area contributed by atoms with Crippen molar-refractivity contribution in [2.24, 2.45) is 5.73 Å². The average Bonchev–Trinajstić information content (AvgIpc) is 2.89. The lowest BCUT2D eigenvalue weighted by Gasteiger charge is -2.40. The molecule has 0 saturated carbocycles. The first-order valence-electron chi connectivity index (χ1n) is 11.4. The molecule has 0 bridgehead atoms. The van der Waals surface area contributed by atoms with Crippen LogP contribution in [-0.2, 0) is 0 Å². The number of rotatable bonds is 9. The number of anilines is 2. The Labute approximate surface area is 200 Å². The lowest BCUT2D eigenvalue weighted by Crippen LogP contribution is -2.55. The van der Waals surface area contributed by atoms with E-state index in [1.54, 1.807) is 31.4 Å². The molecule has 1 unspecified atom stereocenters. The monoisotopic (exact) mass is 458 g/mol. The van der Waals surface area contributed by atoms with Gasteiger partial charge in [0, 0.05) is 49.7 Å². The zero-order valence-electron chi connectivity index (χ0n) is 19.3. The summed E-state index contributed by atoms with van der Waals surface area (Å²) in [6.07, 6.45) is 0. The van der Waals surface area contributed by atoms with Crippen molar-refractivity contribution < 1.29 is 14.3 Å². The largest absolute Gasteiger partial charge is 0.497 e. The summed E-state index contributed by atoms with van der Waals surface area (Å²) < 4.78 is 5.33. The molecule has 0 aliphatic carbocycles. The minimum absolute atomic E-state index is 0.0103. The summed E-state index contributed by atoms with van der Waals surface area (Å²) >= 11 is 0. The van der Waals surface area contributed by atoms with Gasteiger partial charge < -0.3 is 20.7 Å². The lowest BCUT2D eigenvalue weighted by atomic mass is 10.0. The van der Waals surface area contributed by atoms with Gasteiger partial charge in [-0.15, -0.1) is 0 Å². The first-order chi connectivity index (χ1) is 16.6. The van der Waals surface area contributed by atoms with E-state index < -0.39 is 11.9 Å². The van der Waals surface area contributed by atoms with Gasteiger partial charge in [-0.1, -0.05) is 42.5 Å². The van der Waals surface area contributed by atoms with Crippen LogP contribution in [0, 0.1) is 0 Å². The molecule has 1 amide bonds. The second kappa shape index (κ2) is 10.9. The van der Waals surface area contributed by atoms with Gasteiger partial charge in [-0.25, -0.2) is 0 Å². The molecular weight excluding hydrogens is 428 g/mol. The van der Waals surface area contributed by atoms with Crippen molar-refractivity contribution in [1.82, 2.24) is 4.90 Å². The minimum Gasteiger partial charge on any atom is -0.497 e. The first-order valence-corrected chi connectivity index (χ1v) is 11.4. The van der Waals surface area contributed by atoms with Crippen LogP contribution < -0.4 is 20.7 Å². The van der Waals surface area contributed by atoms with Gasteiger partial charge in [-0.2, -0.15) is 0 Å². The third-order valence-electron chi connectivity index (χ3n) is 6.21. The summed E-state index contributed by atoms with van der Waals surface area (Å²) in [7, 11) is 1.59. The molecule has 34 heavy (non-hydrogen) atoms. The van der Waals surface area contributed by atoms with E-state index in [9.17, 15) is 9.59 Å². The summed E-state index contributed by atoms with van der Waals surface area (Å²) in [6.45, 7) is 3.49. The number of piperazine rings is 1. The van der Waals surface area contributed by atoms with Crippen LogP contribution in [0.5, 0.6) is 5.75 Å². The molecule has 1 aliphatic heterocycles. The molecule has 7 heteroatoms. The molecule has 1 atom stereocenters. The lowest BCUT2D eigenvalue weighted by molar-refractivity contribution is 0.0822. The van der Waals surface area contributed by atoms with Crippen LogP contribution in [0.2, 0.25) is 0 Å². The van der Waals surface area contributed by atoms with E-state index in [1.807, 2.05) is 42.5 Å². The number of carbonyl (C=O) groups excluding carboxylic acids is 2. The van der Waals surface area contributed by atoms with E-state index in [4.69, 9.17) is 10.5 Å². The Hall–Kier alpha value is -3.84. The van der Waals surface area contributed by atoms with Crippen LogP contribution in [0.3, 0.4) is 0 Å². The highest BCUT2D eigenvalue weighted by Gasteiger charge is 2.30. The number of ketones is 1. The van der Waals surface area contributed by atoms with Crippen molar-refractivity contribution in [3.63, 3.8) is 0 Å². The molecule has 3 aromatic carbocycles. The van der Waals surface area contributed by atoms with Crippen LogP contribution in [-0.4, -0.2) is 62.5 Å². The molecule has 4 rings (SSSR count). The zero-order valence-corrected chi connectivity index (χ0v) is 19.3. The second-order valence-electron chi connectivity index (χ2n) is 8.26. The first kappa shape index (κ1) is 23.3. The maximum Gasteiger partial charge on any atom is 0.250 e. The molecule has 3 aromatic rings. The van der Waals surface area contributed by atoms with Gasteiger partial charge in [0.25, 0.3) is 5.91 Å². The molecule has 1 saturated heterocycles. The third kappa shape index (κ3) is 5.38. The quantitative estimate of drug-likeness (QED) is 0.479. The van der Waals surface area contributed by atoms with Crippen molar-refractivity contribution in [2.75, 3.05) is 50.1 Å². The van der Waals surface area contributed by atoms with Crippen molar-refractivity contribution in [3.8, 4) is 5.75 Å². The molecular formula is C27H30N4O3. The second-order valence-corrected chi connectivity index (χ2v) is 8.26. The highest BCUT2D eigenvalue weighted by molar-refractivity contribution is 6.01. The average molecular weight is 459 g/mol. The van der Waals surface area contributed by atoms with Crippen LogP contribution >= 0.6 is 0 Å². The SMILES string of the molecule is COc1cccc(C(=O)C(CNc2ccccc2C(N)=O)N2CCN(c3ccccc3)CC2)c1. The van der Waals surface area contributed by atoms with E-state index in [2.05, 4.69) is 27.2 Å². The third-order valence-corrected chi connectivity index (χ3v) is 6.21. The predicted molar refractivity (Wildman–Crippen MR) is 135 cm³/mol. The fourth-order valence-electron chi connectivity index (χ4n) is 4.35. The molecule has 0 aromatic heterocycles. The molecule has 1 fully saturated rings. The molecule has 1 aliphatic rings. The van der Waals surface area contributed by atoms with E-state index in [0.29, 0.717) is 29.1 Å². The number of nitrogens with two attached hydrogens (primary N) is 1. The summed E-state index contributed by atoms with van der Waals surface area (Å²) in [5.41, 5.74) is 8.36. The number of methoxy groups -OCH3 is 1. The highest BCUT2D eigenvalue weighted by Crippen LogP contribution is 2.21. The van der Waals surface area contributed by atoms with Gasteiger partial charge in [-0.05, 0) is 36.4 Å². The number of benzene rings is 3.